The van der Waals surface area contributed by atoms with Crippen LogP contribution in [0.4, 0.5) is 4.79 Å². The summed E-state index contributed by atoms with van der Waals surface area (Å²) in [4.78, 5) is 24.2. The lowest BCUT2D eigenvalue weighted by Gasteiger charge is -2.27. The van der Waals surface area contributed by atoms with E-state index in [-0.39, 0.29) is 30.1 Å². The number of nitrogens with one attached hydrogen (secondary N) is 3. The Morgan fingerprint density at radius 1 is 1.36 bits per heavy atom. The zero-order valence-electron chi connectivity index (χ0n) is 15.3. The molecule has 6 nitrogen and oxygen atoms in total. The van der Waals surface area contributed by atoms with Gasteiger partial charge in [0.2, 0.25) is 0 Å². The molecule has 1 aliphatic heterocycles. The zero-order chi connectivity index (χ0) is 18.2. The van der Waals surface area contributed by atoms with Crippen molar-refractivity contribution in [2.75, 3.05) is 6.61 Å². The first kappa shape index (κ1) is 19.2. The van der Waals surface area contributed by atoms with E-state index >= 15 is 0 Å². The Labute approximate surface area is 149 Å². The second-order valence-corrected chi connectivity index (χ2v) is 6.71. The molecule has 3 atom stereocenters. The van der Waals surface area contributed by atoms with E-state index < -0.39 is 0 Å². The van der Waals surface area contributed by atoms with Crippen molar-refractivity contribution in [1.82, 2.24) is 16.0 Å². The molecule has 0 spiro atoms. The van der Waals surface area contributed by atoms with Gasteiger partial charge >= 0.3 is 6.03 Å². The molecule has 0 aliphatic carbocycles. The largest absolute Gasteiger partial charge is 0.378 e. The monoisotopic (exact) mass is 347 g/mol. The van der Waals surface area contributed by atoms with Gasteiger partial charge in [-0.05, 0) is 50.8 Å². The fourth-order valence-corrected chi connectivity index (χ4v) is 2.78. The topological polar surface area (TPSA) is 79.5 Å². The molecule has 1 aliphatic rings. The summed E-state index contributed by atoms with van der Waals surface area (Å²) < 4.78 is 5.48. The van der Waals surface area contributed by atoms with Gasteiger partial charge in [-0.25, -0.2) is 4.79 Å². The van der Waals surface area contributed by atoms with Crippen LogP contribution < -0.4 is 16.0 Å². The Balaban J connectivity index is 1.83. The van der Waals surface area contributed by atoms with E-state index in [4.69, 9.17) is 4.74 Å². The lowest BCUT2D eigenvalue weighted by atomic mass is 10.0. The van der Waals surface area contributed by atoms with E-state index in [9.17, 15) is 9.59 Å². The summed E-state index contributed by atoms with van der Waals surface area (Å²) in [6.07, 6.45) is 2.74. The molecule has 1 aromatic rings. The standard InChI is InChI=1S/C19H29N3O3/c1-4-13(2)21-18(23)16-7-5-6-15(11-16)12-20-19(24)22-17-8-9-25-14(3)10-17/h5-7,11,13-14,17H,4,8-10,12H2,1-3H3,(H,21,23)(H2,20,22,24)/t13-,14+,17+/m0/s1. The van der Waals surface area contributed by atoms with Gasteiger partial charge in [0.15, 0.2) is 0 Å². The van der Waals surface area contributed by atoms with Crippen molar-refractivity contribution in [3.8, 4) is 0 Å². The fourth-order valence-electron chi connectivity index (χ4n) is 2.78. The van der Waals surface area contributed by atoms with Crippen LogP contribution >= 0.6 is 0 Å². The number of benzene rings is 1. The van der Waals surface area contributed by atoms with Crippen molar-refractivity contribution in [2.24, 2.45) is 0 Å². The molecule has 0 saturated carbocycles. The molecular formula is C19H29N3O3. The molecule has 2 rings (SSSR count). The molecule has 3 amide bonds. The third kappa shape index (κ3) is 6.38. The number of ether oxygens (including phenoxy) is 1. The Morgan fingerprint density at radius 3 is 2.88 bits per heavy atom. The molecule has 1 saturated heterocycles. The van der Waals surface area contributed by atoms with Gasteiger partial charge in [0, 0.05) is 30.8 Å². The molecule has 0 bridgehead atoms. The summed E-state index contributed by atoms with van der Waals surface area (Å²) in [6, 6.07) is 7.43. The maximum atomic E-state index is 12.2. The highest BCUT2D eigenvalue weighted by Crippen LogP contribution is 2.13. The number of urea groups is 1. The fraction of sp³-hybridized carbons (Fsp3) is 0.579. The lowest BCUT2D eigenvalue weighted by Crippen LogP contribution is -2.45. The third-order valence-electron chi connectivity index (χ3n) is 4.45. The Hall–Kier alpha value is -2.08. The van der Waals surface area contributed by atoms with E-state index in [0.29, 0.717) is 18.7 Å². The van der Waals surface area contributed by atoms with Gasteiger partial charge in [-0.2, -0.15) is 0 Å². The van der Waals surface area contributed by atoms with E-state index in [1.54, 1.807) is 6.07 Å². The van der Waals surface area contributed by atoms with Gasteiger partial charge in [-0.1, -0.05) is 19.1 Å². The quantitative estimate of drug-likeness (QED) is 0.740. The summed E-state index contributed by atoms with van der Waals surface area (Å²) in [6.45, 7) is 7.09. The number of hydrogen-bond acceptors (Lipinski definition) is 3. The molecule has 0 aromatic heterocycles. The minimum Gasteiger partial charge on any atom is -0.378 e. The molecule has 138 valence electrons. The summed E-state index contributed by atoms with van der Waals surface area (Å²) in [5.41, 5.74) is 1.51. The van der Waals surface area contributed by atoms with E-state index in [1.165, 1.54) is 0 Å². The van der Waals surface area contributed by atoms with Crippen LogP contribution in [-0.2, 0) is 11.3 Å². The van der Waals surface area contributed by atoms with Crippen molar-refractivity contribution in [3.05, 3.63) is 35.4 Å². The Morgan fingerprint density at radius 2 is 2.16 bits per heavy atom. The summed E-state index contributed by atoms with van der Waals surface area (Å²) >= 11 is 0. The van der Waals surface area contributed by atoms with Gasteiger partial charge in [-0.3, -0.25) is 4.79 Å². The van der Waals surface area contributed by atoms with Crippen molar-refractivity contribution < 1.29 is 14.3 Å². The molecule has 0 radical (unpaired) electrons. The van der Waals surface area contributed by atoms with E-state index in [0.717, 1.165) is 24.8 Å². The normalized spacial score (nSPS) is 21.2. The second kappa shape index (κ2) is 9.42. The van der Waals surface area contributed by atoms with Crippen LogP contribution in [-0.4, -0.2) is 36.7 Å². The Kier molecular flexibility index (Phi) is 7.25. The average molecular weight is 347 g/mol. The molecule has 3 N–H and O–H groups in total. The highest BCUT2D eigenvalue weighted by molar-refractivity contribution is 5.94. The van der Waals surface area contributed by atoms with Crippen molar-refractivity contribution in [3.63, 3.8) is 0 Å². The molecular weight excluding hydrogens is 318 g/mol. The van der Waals surface area contributed by atoms with Crippen molar-refractivity contribution >= 4 is 11.9 Å². The third-order valence-corrected chi connectivity index (χ3v) is 4.45. The molecule has 1 heterocycles. The van der Waals surface area contributed by atoms with Crippen LogP contribution in [0.5, 0.6) is 0 Å². The van der Waals surface area contributed by atoms with Gasteiger partial charge in [-0.15, -0.1) is 0 Å². The van der Waals surface area contributed by atoms with Gasteiger partial charge in [0.25, 0.3) is 5.91 Å². The zero-order valence-corrected chi connectivity index (χ0v) is 15.3. The van der Waals surface area contributed by atoms with Crippen LogP contribution in [0.2, 0.25) is 0 Å². The maximum Gasteiger partial charge on any atom is 0.315 e. The smallest absolute Gasteiger partial charge is 0.315 e. The van der Waals surface area contributed by atoms with Crippen molar-refractivity contribution in [2.45, 2.75) is 64.8 Å². The van der Waals surface area contributed by atoms with Crippen LogP contribution in [0, 0.1) is 0 Å². The molecule has 25 heavy (non-hydrogen) atoms. The number of rotatable bonds is 6. The van der Waals surface area contributed by atoms with Gasteiger partial charge in [0.1, 0.15) is 0 Å². The Bertz CT molecular complexity index is 591. The lowest BCUT2D eigenvalue weighted by molar-refractivity contribution is 0.0154. The summed E-state index contributed by atoms with van der Waals surface area (Å²) in [5.74, 6) is -0.0863. The molecule has 1 fully saturated rings. The molecule has 6 heteroatoms. The first-order chi connectivity index (χ1) is 12.0. The predicted octanol–water partition coefficient (Wildman–Crippen LogP) is 2.58. The first-order valence-corrected chi connectivity index (χ1v) is 9.03. The number of hydrogen-bond donors (Lipinski definition) is 3. The number of carbonyl (C=O) groups excluding carboxylic acids is 2. The van der Waals surface area contributed by atoms with Crippen LogP contribution in [0.3, 0.4) is 0 Å². The maximum absolute atomic E-state index is 12.2. The van der Waals surface area contributed by atoms with Crippen LogP contribution in [0.15, 0.2) is 24.3 Å². The average Bonchev–Trinajstić information content (AvgIpc) is 2.60. The number of amides is 3. The van der Waals surface area contributed by atoms with Crippen molar-refractivity contribution in [1.29, 1.82) is 0 Å². The predicted molar refractivity (Wildman–Crippen MR) is 97.5 cm³/mol. The number of carbonyl (C=O) groups is 2. The van der Waals surface area contributed by atoms with Crippen LogP contribution in [0.1, 0.15) is 56.0 Å². The summed E-state index contributed by atoms with van der Waals surface area (Å²) in [7, 11) is 0. The summed E-state index contributed by atoms with van der Waals surface area (Å²) in [5, 5.41) is 8.78. The van der Waals surface area contributed by atoms with Gasteiger partial charge < -0.3 is 20.7 Å². The highest BCUT2D eigenvalue weighted by atomic mass is 16.5. The second-order valence-electron chi connectivity index (χ2n) is 6.71. The first-order valence-electron chi connectivity index (χ1n) is 9.03. The van der Waals surface area contributed by atoms with E-state index in [2.05, 4.69) is 16.0 Å². The minimum absolute atomic E-state index is 0.0863. The molecule has 0 unspecified atom stereocenters. The van der Waals surface area contributed by atoms with Gasteiger partial charge in [0.05, 0.1) is 6.10 Å². The van der Waals surface area contributed by atoms with Crippen LogP contribution in [0.25, 0.3) is 0 Å². The SMILES string of the molecule is CC[C@H](C)NC(=O)c1cccc(CNC(=O)N[C@@H]2CCO[C@H](C)C2)c1. The highest BCUT2D eigenvalue weighted by Gasteiger charge is 2.20. The minimum atomic E-state index is -0.187. The van der Waals surface area contributed by atoms with E-state index in [1.807, 2.05) is 39.0 Å². The molecule has 1 aromatic carbocycles.